The average Bonchev–Trinajstić information content (AvgIpc) is 2.53. The van der Waals surface area contributed by atoms with Crippen LogP contribution in [0.5, 0.6) is 0 Å². The van der Waals surface area contributed by atoms with Gasteiger partial charge in [0.05, 0.1) is 0 Å². The Morgan fingerprint density at radius 3 is 2.67 bits per heavy atom. The third-order valence-corrected chi connectivity index (χ3v) is 1.73. The molecule has 12 heavy (non-hydrogen) atoms. The van der Waals surface area contributed by atoms with Crippen molar-refractivity contribution >= 4 is 0 Å². The molecule has 1 N–H and O–H groups in total. The van der Waals surface area contributed by atoms with E-state index in [4.69, 9.17) is 4.74 Å². The maximum Gasteiger partial charge on any atom is 0.0482 e. The molecule has 0 saturated heterocycles. The van der Waals surface area contributed by atoms with E-state index in [0.717, 1.165) is 13.0 Å². The quantitative estimate of drug-likeness (QED) is 0.720. The molecule has 0 amide bonds. The molecule has 1 aromatic heterocycles. The topological polar surface area (TPSA) is 26.2 Å². The van der Waals surface area contributed by atoms with Crippen molar-refractivity contribution < 1.29 is 4.74 Å². The van der Waals surface area contributed by atoms with Crippen LogP contribution in [-0.4, -0.2) is 24.4 Å². The molecule has 1 atom stereocenters. The van der Waals surface area contributed by atoms with E-state index in [1.54, 1.807) is 7.11 Å². The summed E-state index contributed by atoms with van der Waals surface area (Å²) in [5.41, 5.74) is 3.29. The SMILES string of the molecule is COCCC(C)Nn1cccc1. The molecule has 1 aromatic rings. The van der Waals surface area contributed by atoms with Crippen LogP contribution in [0.2, 0.25) is 0 Å². The van der Waals surface area contributed by atoms with Crippen LogP contribution in [0.25, 0.3) is 0 Å². The van der Waals surface area contributed by atoms with E-state index in [2.05, 4.69) is 12.3 Å². The molecule has 0 aliphatic heterocycles. The molecule has 0 fully saturated rings. The number of rotatable bonds is 5. The molecule has 1 heterocycles. The molecule has 1 unspecified atom stereocenters. The first-order valence-electron chi connectivity index (χ1n) is 4.21. The van der Waals surface area contributed by atoms with Crippen molar-refractivity contribution in [2.45, 2.75) is 19.4 Å². The van der Waals surface area contributed by atoms with Crippen molar-refractivity contribution in [3.05, 3.63) is 24.5 Å². The van der Waals surface area contributed by atoms with Gasteiger partial charge in [0.25, 0.3) is 0 Å². The standard InChI is InChI=1S/C9H16N2O/c1-9(5-8-12-2)10-11-6-3-4-7-11/h3-4,6-7,9-10H,5,8H2,1-2H3. The van der Waals surface area contributed by atoms with Crippen LogP contribution in [0.1, 0.15) is 13.3 Å². The van der Waals surface area contributed by atoms with E-state index in [1.807, 2.05) is 29.2 Å². The summed E-state index contributed by atoms with van der Waals surface area (Å²) in [4.78, 5) is 0. The van der Waals surface area contributed by atoms with Gasteiger partial charge in [-0.15, -0.1) is 0 Å². The minimum atomic E-state index is 0.442. The fraction of sp³-hybridized carbons (Fsp3) is 0.556. The molecule has 0 saturated carbocycles. The second-order valence-corrected chi connectivity index (χ2v) is 2.90. The fourth-order valence-corrected chi connectivity index (χ4v) is 1.03. The zero-order chi connectivity index (χ0) is 8.81. The summed E-state index contributed by atoms with van der Waals surface area (Å²) in [7, 11) is 1.72. The lowest BCUT2D eigenvalue weighted by molar-refractivity contribution is 0.190. The number of methoxy groups -OCH3 is 1. The second kappa shape index (κ2) is 4.83. The van der Waals surface area contributed by atoms with Crippen LogP contribution >= 0.6 is 0 Å². The Balaban J connectivity index is 2.22. The lowest BCUT2D eigenvalue weighted by Gasteiger charge is -2.15. The summed E-state index contributed by atoms with van der Waals surface area (Å²) in [5, 5.41) is 0. The summed E-state index contributed by atoms with van der Waals surface area (Å²) in [6.45, 7) is 2.94. The third kappa shape index (κ3) is 2.96. The summed E-state index contributed by atoms with van der Waals surface area (Å²) >= 11 is 0. The molecule has 3 nitrogen and oxygen atoms in total. The molecule has 0 bridgehead atoms. The highest BCUT2D eigenvalue weighted by Crippen LogP contribution is 1.94. The molecule has 0 aromatic carbocycles. The monoisotopic (exact) mass is 168 g/mol. The number of hydrogen-bond donors (Lipinski definition) is 1. The van der Waals surface area contributed by atoms with E-state index < -0.39 is 0 Å². The van der Waals surface area contributed by atoms with E-state index in [-0.39, 0.29) is 0 Å². The molecule has 1 rings (SSSR count). The Bertz CT molecular complexity index is 196. The van der Waals surface area contributed by atoms with Crippen molar-refractivity contribution in [1.29, 1.82) is 0 Å². The second-order valence-electron chi connectivity index (χ2n) is 2.90. The minimum Gasteiger partial charge on any atom is -0.385 e. The predicted molar refractivity (Wildman–Crippen MR) is 49.7 cm³/mol. The van der Waals surface area contributed by atoms with Crippen molar-refractivity contribution in [3.8, 4) is 0 Å². The molecule has 68 valence electrons. The van der Waals surface area contributed by atoms with Crippen LogP contribution in [0.3, 0.4) is 0 Å². The fourth-order valence-electron chi connectivity index (χ4n) is 1.03. The lowest BCUT2D eigenvalue weighted by atomic mass is 10.3. The first-order chi connectivity index (χ1) is 5.83. The van der Waals surface area contributed by atoms with Gasteiger partial charge < -0.3 is 10.2 Å². The number of hydrogen-bond acceptors (Lipinski definition) is 2. The van der Waals surface area contributed by atoms with Gasteiger partial charge in [-0.05, 0) is 25.5 Å². The largest absolute Gasteiger partial charge is 0.385 e. The average molecular weight is 168 g/mol. The van der Waals surface area contributed by atoms with Gasteiger partial charge in [0, 0.05) is 32.2 Å². The Morgan fingerprint density at radius 1 is 1.42 bits per heavy atom. The molecule has 3 heteroatoms. The van der Waals surface area contributed by atoms with Crippen LogP contribution in [0.4, 0.5) is 0 Å². The zero-order valence-electron chi connectivity index (χ0n) is 7.66. The van der Waals surface area contributed by atoms with Gasteiger partial charge in [0.2, 0.25) is 0 Å². The first kappa shape index (κ1) is 9.13. The van der Waals surface area contributed by atoms with Gasteiger partial charge >= 0.3 is 0 Å². The Kier molecular flexibility index (Phi) is 3.67. The Morgan fingerprint density at radius 2 is 2.08 bits per heavy atom. The number of nitrogens with one attached hydrogen (secondary N) is 1. The summed E-state index contributed by atoms with van der Waals surface area (Å²) in [5.74, 6) is 0. The van der Waals surface area contributed by atoms with Crippen LogP contribution in [0.15, 0.2) is 24.5 Å². The maximum absolute atomic E-state index is 4.98. The maximum atomic E-state index is 4.98. The Hall–Kier alpha value is -0.960. The summed E-state index contributed by atoms with van der Waals surface area (Å²) < 4.78 is 6.94. The van der Waals surface area contributed by atoms with Crippen molar-refractivity contribution in [2.75, 3.05) is 19.1 Å². The highest BCUT2D eigenvalue weighted by Gasteiger charge is 1.98. The highest BCUT2D eigenvalue weighted by atomic mass is 16.5. The van der Waals surface area contributed by atoms with Gasteiger partial charge in [-0.3, -0.25) is 4.68 Å². The zero-order valence-corrected chi connectivity index (χ0v) is 7.66. The van der Waals surface area contributed by atoms with Gasteiger partial charge in [0.1, 0.15) is 0 Å². The van der Waals surface area contributed by atoms with Gasteiger partial charge in [-0.2, -0.15) is 0 Å². The first-order valence-corrected chi connectivity index (χ1v) is 4.21. The summed E-state index contributed by atoms with van der Waals surface area (Å²) in [6, 6.07) is 4.43. The van der Waals surface area contributed by atoms with E-state index in [1.165, 1.54) is 0 Å². The molecular weight excluding hydrogens is 152 g/mol. The normalized spacial score (nSPS) is 12.8. The Labute approximate surface area is 73.3 Å². The van der Waals surface area contributed by atoms with Crippen molar-refractivity contribution in [2.24, 2.45) is 0 Å². The van der Waals surface area contributed by atoms with E-state index >= 15 is 0 Å². The molecule has 0 aliphatic carbocycles. The van der Waals surface area contributed by atoms with Crippen LogP contribution in [0, 0.1) is 0 Å². The molecule has 0 radical (unpaired) electrons. The smallest absolute Gasteiger partial charge is 0.0482 e. The number of nitrogens with zero attached hydrogens (tertiary/aromatic N) is 1. The molecular formula is C9H16N2O. The van der Waals surface area contributed by atoms with E-state index in [9.17, 15) is 0 Å². The predicted octanol–water partition coefficient (Wildman–Crippen LogP) is 1.46. The van der Waals surface area contributed by atoms with Crippen LogP contribution < -0.4 is 5.43 Å². The lowest BCUT2D eigenvalue weighted by Crippen LogP contribution is -2.24. The van der Waals surface area contributed by atoms with Gasteiger partial charge in [-0.25, -0.2) is 0 Å². The summed E-state index contributed by atoms with van der Waals surface area (Å²) in [6.07, 6.45) is 5.00. The molecule has 0 spiro atoms. The van der Waals surface area contributed by atoms with Crippen molar-refractivity contribution in [1.82, 2.24) is 4.68 Å². The van der Waals surface area contributed by atoms with E-state index in [0.29, 0.717) is 6.04 Å². The van der Waals surface area contributed by atoms with Gasteiger partial charge in [0.15, 0.2) is 0 Å². The van der Waals surface area contributed by atoms with Gasteiger partial charge in [-0.1, -0.05) is 0 Å². The van der Waals surface area contributed by atoms with Crippen molar-refractivity contribution in [3.63, 3.8) is 0 Å². The molecule has 0 aliphatic rings. The minimum absolute atomic E-state index is 0.442. The third-order valence-electron chi connectivity index (χ3n) is 1.73. The number of aromatic nitrogens is 1. The number of ether oxygens (including phenoxy) is 1. The highest BCUT2D eigenvalue weighted by molar-refractivity contribution is 4.94. The van der Waals surface area contributed by atoms with Crippen LogP contribution in [-0.2, 0) is 4.74 Å².